The zero-order chi connectivity index (χ0) is 14.7. The van der Waals surface area contributed by atoms with E-state index in [1.54, 1.807) is 43.0 Å². The second kappa shape index (κ2) is 5.52. The Bertz CT molecular complexity index is 663. The first-order valence-corrected chi connectivity index (χ1v) is 5.99. The van der Waals surface area contributed by atoms with E-state index >= 15 is 0 Å². The number of rotatable bonds is 4. The number of nitro benzene ring substituents is 1. The molecule has 7 heteroatoms. The number of hydrogen-bond donors (Lipinski definition) is 1. The Hall–Kier alpha value is -2.70. The molecule has 1 amide bonds. The molecule has 0 radical (unpaired) electrons. The second-order valence-corrected chi connectivity index (χ2v) is 4.42. The van der Waals surface area contributed by atoms with Crippen molar-refractivity contribution in [1.29, 1.82) is 0 Å². The summed E-state index contributed by atoms with van der Waals surface area (Å²) in [6.45, 7) is 1.91. The summed E-state index contributed by atoms with van der Waals surface area (Å²) >= 11 is 0. The highest BCUT2D eigenvalue weighted by Crippen LogP contribution is 2.19. The molecule has 0 saturated carbocycles. The number of nitrogens with one attached hydrogen (secondary N) is 1. The van der Waals surface area contributed by atoms with Crippen molar-refractivity contribution >= 4 is 11.6 Å². The van der Waals surface area contributed by atoms with Gasteiger partial charge in [0.15, 0.2) is 0 Å². The number of carbonyl (C=O) groups is 1. The van der Waals surface area contributed by atoms with Crippen LogP contribution >= 0.6 is 0 Å². The van der Waals surface area contributed by atoms with Crippen LogP contribution in [-0.4, -0.2) is 20.6 Å². The van der Waals surface area contributed by atoms with E-state index in [2.05, 4.69) is 10.4 Å². The lowest BCUT2D eigenvalue weighted by atomic mass is 10.1. The predicted octanol–water partition coefficient (Wildman–Crippen LogP) is 1.57. The van der Waals surface area contributed by atoms with Crippen LogP contribution in [0.5, 0.6) is 0 Å². The molecule has 2 aromatic rings. The Morgan fingerprint density at radius 1 is 1.45 bits per heavy atom. The molecule has 0 unspecified atom stereocenters. The van der Waals surface area contributed by atoms with Crippen LogP contribution < -0.4 is 5.32 Å². The van der Waals surface area contributed by atoms with Gasteiger partial charge in [0.1, 0.15) is 0 Å². The highest BCUT2D eigenvalue weighted by atomic mass is 16.6. The molecule has 0 aliphatic carbocycles. The van der Waals surface area contributed by atoms with E-state index in [9.17, 15) is 14.9 Å². The fourth-order valence-corrected chi connectivity index (χ4v) is 1.78. The molecular weight excluding hydrogens is 260 g/mol. The maximum atomic E-state index is 11.9. The molecule has 0 aliphatic rings. The summed E-state index contributed by atoms with van der Waals surface area (Å²) in [6, 6.07) is 6.20. The summed E-state index contributed by atoms with van der Waals surface area (Å²) in [7, 11) is 1.79. The van der Waals surface area contributed by atoms with Crippen molar-refractivity contribution in [1.82, 2.24) is 15.1 Å². The molecule has 1 aromatic heterocycles. The minimum Gasteiger partial charge on any atom is -0.346 e. The summed E-state index contributed by atoms with van der Waals surface area (Å²) in [6.07, 6.45) is 1.78. The Kier molecular flexibility index (Phi) is 3.79. The smallest absolute Gasteiger partial charge is 0.273 e. The maximum Gasteiger partial charge on any atom is 0.273 e. The highest BCUT2D eigenvalue weighted by Gasteiger charge is 2.14. The van der Waals surface area contributed by atoms with Crippen molar-refractivity contribution in [2.45, 2.75) is 13.5 Å². The van der Waals surface area contributed by atoms with Crippen LogP contribution in [-0.2, 0) is 13.6 Å². The summed E-state index contributed by atoms with van der Waals surface area (Å²) < 4.78 is 1.64. The first-order valence-electron chi connectivity index (χ1n) is 5.99. The maximum absolute atomic E-state index is 11.9. The van der Waals surface area contributed by atoms with Crippen molar-refractivity contribution in [3.8, 4) is 0 Å². The van der Waals surface area contributed by atoms with Crippen LogP contribution in [0.3, 0.4) is 0 Å². The monoisotopic (exact) mass is 274 g/mol. The van der Waals surface area contributed by atoms with Gasteiger partial charge in [0.05, 0.1) is 17.2 Å². The molecule has 7 nitrogen and oxygen atoms in total. The normalized spacial score (nSPS) is 10.3. The van der Waals surface area contributed by atoms with Crippen LogP contribution in [0.4, 0.5) is 5.69 Å². The predicted molar refractivity (Wildman–Crippen MR) is 72.2 cm³/mol. The molecule has 0 saturated heterocycles. The van der Waals surface area contributed by atoms with Gasteiger partial charge in [-0.15, -0.1) is 0 Å². The third kappa shape index (κ3) is 3.00. The lowest BCUT2D eigenvalue weighted by Gasteiger charge is -2.04. The van der Waals surface area contributed by atoms with Gasteiger partial charge in [-0.05, 0) is 19.1 Å². The van der Waals surface area contributed by atoms with E-state index in [-0.39, 0.29) is 23.7 Å². The molecule has 1 aromatic carbocycles. The van der Waals surface area contributed by atoms with Gasteiger partial charge in [-0.2, -0.15) is 5.10 Å². The van der Waals surface area contributed by atoms with Crippen LogP contribution in [0.25, 0.3) is 0 Å². The number of aromatic nitrogens is 2. The van der Waals surface area contributed by atoms with Crippen LogP contribution in [0, 0.1) is 17.0 Å². The molecular formula is C13H14N4O3. The first kappa shape index (κ1) is 13.7. The zero-order valence-corrected chi connectivity index (χ0v) is 11.2. The Morgan fingerprint density at radius 2 is 2.20 bits per heavy atom. The fourth-order valence-electron chi connectivity index (χ4n) is 1.78. The van der Waals surface area contributed by atoms with Crippen LogP contribution in [0.15, 0.2) is 30.5 Å². The van der Waals surface area contributed by atoms with Crippen molar-refractivity contribution in [3.63, 3.8) is 0 Å². The fraction of sp³-hybridized carbons (Fsp3) is 0.231. The third-order valence-corrected chi connectivity index (χ3v) is 2.87. The zero-order valence-electron chi connectivity index (χ0n) is 11.2. The highest BCUT2D eigenvalue weighted by molar-refractivity contribution is 5.94. The summed E-state index contributed by atoms with van der Waals surface area (Å²) in [5.41, 5.74) is 1.45. The number of amides is 1. The van der Waals surface area contributed by atoms with E-state index in [1.807, 2.05) is 0 Å². The van der Waals surface area contributed by atoms with Gasteiger partial charge in [-0.1, -0.05) is 6.07 Å². The van der Waals surface area contributed by atoms with Gasteiger partial charge in [-0.3, -0.25) is 19.6 Å². The van der Waals surface area contributed by atoms with Gasteiger partial charge >= 0.3 is 0 Å². The third-order valence-electron chi connectivity index (χ3n) is 2.87. The number of nitro groups is 1. The molecule has 2 rings (SSSR count). The van der Waals surface area contributed by atoms with Gasteiger partial charge in [0, 0.05) is 30.4 Å². The SMILES string of the molecule is Cc1ccc(C(=O)NCc2ccn(C)n2)cc1[N+](=O)[O-]. The molecule has 0 bridgehead atoms. The molecule has 1 heterocycles. The summed E-state index contributed by atoms with van der Waals surface area (Å²) in [5.74, 6) is -0.362. The number of hydrogen-bond acceptors (Lipinski definition) is 4. The molecule has 1 N–H and O–H groups in total. The van der Waals surface area contributed by atoms with E-state index < -0.39 is 4.92 Å². The average Bonchev–Trinajstić information content (AvgIpc) is 2.82. The van der Waals surface area contributed by atoms with Crippen molar-refractivity contribution < 1.29 is 9.72 Å². The first-order chi connectivity index (χ1) is 9.47. The summed E-state index contributed by atoms with van der Waals surface area (Å²) in [5, 5.41) is 17.6. The van der Waals surface area contributed by atoms with Crippen molar-refractivity contribution in [2.24, 2.45) is 7.05 Å². The van der Waals surface area contributed by atoms with E-state index in [0.717, 1.165) is 5.69 Å². The molecule has 0 fully saturated rings. The van der Waals surface area contributed by atoms with Gasteiger partial charge in [0.25, 0.3) is 11.6 Å². The van der Waals surface area contributed by atoms with Crippen molar-refractivity contribution in [2.75, 3.05) is 0 Å². The molecule has 0 aliphatic heterocycles. The summed E-state index contributed by atoms with van der Waals surface area (Å²) in [4.78, 5) is 22.3. The minimum absolute atomic E-state index is 0.0597. The molecule has 0 atom stereocenters. The van der Waals surface area contributed by atoms with E-state index in [1.165, 1.54) is 6.07 Å². The lowest BCUT2D eigenvalue weighted by molar-refractivity contribution is -0.385. The minimum atomic E-state index is -0.495. The molecule has 104 valence electrons. The Balaban J connectivity index is 2.09. The lowest BCUT2D eigenvalue weighted by Crippen LogP contribution is -2.23. The Morgan fingerprint density at radius 3 is 2.80 bits per heavy atom. The topological polar surface area (TPSA) is 90.1 Å². The second-order valence-electron chi connectivity index (χ2n) is 4.42. The average molecular weight is 274 g/mol. The number of carbonyl (C=O) groups excluding carboxylic acids is 1. The van der Waals surface area contributed by atoms with Crippen LogP contribution in [0.1, 0.15) is 21.6 Å². The molecule has 20 heavy (non-hydrogen) atoms. The van der Waals surface area contributed by atoms with Gasteiger partial charge in [-0.25, -0.2) is 0 Å². The molecule has 0 spiro atoms. The number of aryl methyl sites for hydroxylation is 2. The quantitative estimate of drug-likeness (QED) is 0.676. The van der Waals surface area contributed by atoms with Gasteiger partial charge < -0.3 is 5.32 Å². The van der Waals surface area contributed by atoms with Crippen molar-refractivity contribution in [3.05, 3.63) is 57.4 Å². The largest absolute Gasteiger partial charge is 0.346 e. The number of benzene rings is 1. The van der Waals surface area contributed by atoms with E-state index in [4.69, 9.17) is 0 Å². The Labute approximate surface area is 115 Å². The van der Waals surface area contributed by atoms with Crippen LogP contribution in [0.2, 0.25) is 0 Å². The van der Waals surface area contributed by atoms with Gasteiger partial charge in [0.2, 0.25) is 0 Å². The van der Waals surface area contributed by atoms with E-state index in [0.29, 0.717) is 5.56 Å². The number of nitrogens with zero attached hydrogens (tertiary/aromatic N) is 3. The standard InChI is InChI=1S/C13H14N4O3/c1-9-3-4-10(7-12(9)17(19)20)13(18)14-8-11-5-6-16(2)15-11/h3-7H,8H2,1-2H3,(H,14,18).